The first-order chi connectivity index (χ1) is 12.7. The van der Waals surface area contributed by atoms with Crippen molar-refractivity contribution in [3.05, 3.63) is 18.2 Å². The number of carbonyl (C=O) groups is 1. The van der Waals surface area contributed by atoms with Gasteiger partial charge in [0.15, 0.2) is 6.10 Å². The van der Waals surface area contributed by atoms with Gasteiger partial charge in [-0.3, -0.25) is 4.79 Å². The van der Waals surface area contributed by atoms with E-state index in [9.17, 15) is 9.18 Å². The monoisotopic (exact) mass is 366 g/mol. The van der Waals surface area contributed by atoms with Gasteiger partial charge in [-0.25, -0.2) is 9.37 Å². The summed E-state index contributed by atoms with van der Waals surface area (Å²) < 4.78 is 26.6. The highest BCUT2D eigenvalue weighted by molar-refractivity contribution is 5.81. The van der Waals surface area contributed by atoms with Gasteiger partial charge in [-0.2, -0.15) is 0 Å². The van der Waals surface area contributed by atoms with Crippen LogP contribution in [0.25, 0.3) is 0 Å². The summed E-state index contributed by atoms with van der Waals surface area (Å²) in [5, 5.41) is 2.99. The van der Waals surface area contributed by atoms with Gasteiger partial charge in [0.25, 0.3) is 5.91 Å². The molecule has 2 fully saturated rings. The average molecular weight is 366 g/mol. The molecule has 2 saturated heterocycles. The van der Waals surface area contributed by atoms with Crippen molar-refractivity contribution >= 4 is 5.91 Å². The van der Waals surface area contributed by atoms with Crippen LogP contribution in [-0.2, 0) is 26.4 Å². The fourth-order valence-corrected chi connectivity index (χ4v) is 4.27. The second kappa shape index (κ2) is 7.62. The molecule has 1 N–H and O–H groups in total. The highest BCUT2D eigenvalue weighted by Crippen LogP contribution is 2.40. The zero-order valence-corrected chi connectivity index (χ0v) is 15.0. The fourth-order valence-electron chi connectivity index (χ4n) is 4.27. The van der Waals surface area contributed by atoms with Crippen LogP contribution in [0.15, 0.2) is 12.4 Å². The van der Waals surface area contributed by atoms with Crippen LogP contribution in [-0.4, -0.2) is 72.0 Å². The molecular formula is C18H27FN4O3. The predicted molar refractivity (Wildman–Crippen MR) is 92.4 cm³/mol. The molecule has 2 atom stereocenters. The highest BCUT2D eigenvalue weighted by Gasteiger charge is 2.47. The van der Waals surface area contributed by atoms with Crippen molar-refractivity contribution in [2.24, 2.45) is 0 Å². The van der Waals surface area contributed by atoms with Gasteiger partial charge >= 0.3 is 0 Å². The molecule has 0 aliphatic carbocycles. The maximum Gasteiger partial charge on any atom is 0.251 e. The van der Waals surface area contributed by atoms with Crippen LogP contribution in [0.2, 0.25) is 0 Å². The Labute approximate surface area is 152 Å². The molecule has 2 unspecified atom stereocenters. The highest BCUT2D eigenvalue weighted by atomic mass is 19.1. The Bertz CT molecular complexity index is 624. The zero-order chi connectivity index (χ0) is 18.0. The lowest BCUT2D eigenvalue weighted by Gasteiger charge is -2.45. The van der Waals surface area contributed by atoms with E-state index in [4.69, 9.17) is 9.47 Å². The maximum atomic E-state index is 12.7. The number of piperidine rings is 1. The van der Waals surface area contributed by atoms with Gasteiger partial charge in [0, 0.05) is 45.2 Å². The Kier molecular flexibility index (Phi) is 5.24. The van der Waals surface area contributed by atoms with Crippen molar-refractivity contribution in [3.63, 3.8) is 0 Å². The summed E-state index contributed by atoms with van der Waals surface area (Å²) in [6.45, 7) is 3.40. The first-order valence-corrected chi connectivity index (χ1v) is 9.57. The summed E-state index contributed by atoms with van der Waals surface area (Å²) in [7, 11) is 0. The third-order valence-electron chi connectivity index (χ3n) is 5.74. The number of fused-ring (bicyclic) bond motifs is 2. The number of likely N-dealkylation sites (tertiary alicyclic amines) is 1. The molecule has 0 radical (unpaired) electrons. The van der Waals surface area contributed by atoms with Crippen molar-refractivity contribution in [1.82, 2.24) is 19.8 Å². The third-order valence-corrected chi connectivity index (χ3v) is 5.74. The first-order valence-electron chi connectivity index (χ1n) is 9.57. The van der Waals surface area contributed by atoms with Crippen LogP contribution in [0.4, 0.5) is 4.39 Å². The lowest BCUT2D eigenvalue weighted by molar-refractivity contribution is -0.173. The Morgan fingerprint density at radius 2 is 2.27 bits per heavy atom. The van der Waals surface area contributed by atoms with Crippen molar-refractivity contribution in [2.45, 2.75) is 50.0 Å². The van der Waals surface area contributed by atoms with Crippen molar-refractivity contribution in [2.75, 3.05) is 39.5 Å². The van der Waals surface area contributed by atoms with E-state index < -0.39 is 11.7 Å². The molecule has 0 aromatic carbocycles. The molecule has 1 aromatic rings. The topological polar surface area (TPSA) is 68.6 Å². The molecular weight excluding hydrogens is 339 g/mol. The molecule has 26 heavy (non-hydrogen) atoms. The number of alkyl halides is 1. The Morgan fingerprint density at radius 1 is 1.42 bits per heavy atom. The second-order valence-corrected chi connectivity index (χ2v) is 7.41. The molecule has 1 spiro atoms. The van der Waals surface area contributed by atoms with Gasteiger partial charge in [-0.1, -0.05) is 0 Å². The van der Waals surface area contributed by atoms with E-state index in [0.717, 1.165) is 51.2 Å². The third kappa shape index (κ3) is 3.50. The summed E-state index contributed by atoms with van der Waals surface area (Å²) in [4.78, 5) is 19.3. The van der Waals surface area contributed by atoms with E-state index in [1.807, 2.05) is 10.8 Å². The van der Waals surface area contributed by atoms with Crippen LogP contribution < -0.4 is 5.32 Å². The minimum atomic E-state index is -0.555. The first kappa shape index (κ1) is 17.9. The van der Waals surface area contributed by atoms with Crippen molar-refractivity contribution < 1.29 is 18.7 Å². The number of hydrogen-bond donors (Lipinski definition) is 1. The number of nitrogens with zero attached hydrogens (tertiary/aromatic N) is 3. The van der Waals surface area contributed by atoms with Gasteiger partial charge in [-0.15, -0.1) is 0 Å². The van der Waals surface area contributed by atoms with Gasteiger partial charge in [0.1, 0.15) is 18.1 Å². The molecule has 8 heteroatoms. The van der Waals surface area contributed by atoms with Crippen molar-refractivity contribution in [3.8, 4) is 0 Å². The summed E-state index contributed by atoms with van der Waals surface area (Å²) >= 11 is 0. The summed E-state index contributed by atoms with van der Waals surface area (Å²) in [5.41, 5.74) is -0.555. The maximum absolute atomic E-state index is 12.7. The normalized spacial score (nSPS) is 28.2. The van der Waals surface area contributed by atoms with Gasteiger partial charge in [-0.05, 0) is 25.7 Å². The number of imidazole rings is 1. The molecule has 3 aliphatic heterocycles. The van der Waals surface area contributed by atoms with Crippen LogP contribution in [0.1, 0.15) is 31.5 Å². The van der Waals surface area contributed by atoms with Gasteiger partial charge in [0.2, 0.25) is 0 Å². The van der Waals surface area contributed by atoms with E-state index in [-0.39, 0.29) is 18.7 Å². The quantitative estimate of drug-likeness (QED) is 0.836. The fraction of sp³-hybridized carbons (Fsp3) is 0.778. The van der Waals surface area contributed by atoms with Crippen LogP contribution >= 0.6 is 0 Å². The minimum Gasteiger partial charge on any atom is -0.376 e. The smallest absolute Gasteiger partial charge is 0.251 e. The summed E-state index contributed by atoms with van der Waals surface area (Å²) in [6, 6.07) is 0. The Hall–Kier alpha value is -1.51. The van der Waals surface area contributed by atoms with Crippen LogP contribution in [0, 0.1) is 0 Å². The molecule has 3 aliphatic rings. The van der Waals surface area contributed by atoms with Gasteiger partial charge in [0.05, 0.1) is 12.6 Å². The Morgan fingerprint density at radius 3 is 3.00 bits per heavy atom. The van der Waals surface area contributed by atoms with E-state index in [0.29, 0.717) is 19.6 Å². The predicted octanol–water partition coefficient (Wildman–Crippen LogP) is 0.838. The lowest BCUT2D eigenvalue weighted by atomic mass is 9.88. The second-order valence-electron chi connectivity index (χ2n) is 7.41. The number of halogens is 1. The summed E-state index contributed by atoms with van der Waals surface area (Å²) in [6.07, 6.45) is 6.74. The van der Waals surface area contributed by atoms with E-state index in [2.05, 4.69) is 15.2 Å². The van der Waals surface area contributed by atoms with E-state index in [1.54, 1.807) is 6.20 Å². The molecule has 0 bridgehead atoms. The molecule has 4 rings (SSSR count). The summed E-state index contributed by atoms with van der Waals surface area (Å²) in [5.74, 6) is 0.797. The number of carbonyl (C=O) groups excluding carboxylic acids is 1. The Balaban J connectivity index is 1.43. The SMILES string of the molecule is O=C(NCC1CCCO1)C1Cn2ccnc2C2(CCN(CCF)CC2)O1. The molecule has 1 aromatic heterocycles. The molecule has 7 nitrogen and oxygen atoms in total. The lowest BCUT2D eigenvalue weighted by Crippen LogP contribution is -2.54. The minimum absolute atomic E-state index is 0.0922. The van der Waals surface area contributed by atoms with Crippen LogP contribution in [0.3, 0.4) is 0 Å². The number of nitrogens with one attached hydrogen (secondary N) is 1. The zero-order valence-electron chi connectivity index (χ0n) is 15.0. The molecule has 4 heterocycles. The van der Waals surface area contributed by atoms with Crippen LogP contribution in [0.5, 0.6) is 0 Å². The number of hydrogen-bond acceptors (Lipinski definition) is 5. The standard InChI is InChI=1S/C18H27FN4O3/c19-5-9-22-7-3-18(4-8-22)17-20-6-10-23(17)13-15(26-18)16(24)21-12-14-2-1-11-25-14/h6,10,14-15H,1-5,7-9,11-13H2,(H,21,24). The molecule has 144 valence electrons. The average Bonchev–Trinajstić information content (AvgIpc) is 3.33. The molecule has 0 saturated carbocycles. The van der Waals surface area contributed by atoms with Gasteiger partial charge < -0.3 is 24.3 Å². The number of rotatable bonds is 5. The number of ether oxygens (including phenoxy) is 2. The van der Waals surface area contributed by atoms with E-state index >= 15 is 0 Å². The van der Waals surface area contributed by atoms with Crippen molar-refractivity contribution in [1.29, 1.82) is 0 Å². The number of amides is 1. The largest absolute Gasteiger partial charge is 0.376 e. The molecule has 1 amide bonds. The number of aromatic nitrogens is 2. The van der Waals surface area contributed by atoms with E-state index in [1.165, 1.54) is 0 Å².